The molecule has 0 rings (SSSR count). The summed E-state index contributed by atoms with van der Waals surface area (Å²) in [5.41, 5.74) is 10.6. The minimum Gasteiger partial charge on any atom is -0.330 e. The van der Waals surface area contributed by atoms with Crippen LogP contribution in [0.3, 0.4) is 0 Å². The molecule has 0 aliphatic heterocycles. The first-order chi connectivity index (χ1) is 4.68. The predicted octanol–water partition coefficient (Wildman–Crippen LogP) is 0.743. The van der Waals surface area contributed by atoms with Gasteiger partial charge in [-0.1, -0.05) is 6.42 Å². The molecule has 4 N–H and O–H groups in total. The molecule has 0 fully saturated rings. The fourth-order valence-corrected chi connectivity index (χ4v) is 0.761. The Labute approximate surface area is 90.9 Å². The molecule has 0 aliphatic carbocycles. The molecular weight excluding hydrogens is 219 g/mol. The molecule has 0 amide bonds. The molecular formula is C6H16Cl2N2OS. The van der Waals surface area contributed by atoms with E-state index in [1.807, 2.05) is 0 Å². The molecule has 6 heteroatoms. The van der Waals surface area contributed by atoms with Gasteiger partial charge in [0.15, 0.2) is 0 Å². The SMILES string of the molecule is Cl.Cl.NCCCC[C@H](N)C(=O)S. The highest BCUT2D eigenvalue weighted by Gasteiger charge is 2.06. The number of thiol groups is 1. The third-order valence-electron chi connectivity index (χ3n) is 1.29. The topological polar surface area (TPSA) is 69.1 Å². The lowest BCUT2D eigenvalue weighted by Gasteiger charge is -2.04. The van der Waals surface area contributed by atoms with Crippen LogP contribution >= 0.6 is 37.4 Å². The van der Waals surface area contributed by atoms with Gasteiger partial charge in [0, 0.05) is 0 Å². The molecule has 0 saturated heterocycles. The Morgan fingerprint density at radius 3 is 2.17 bits per heavy atom. The lowest BCUT2D eigenvalue weighted by molar-refractivity contribution is -0.112. The number of halogens is 2. The second-order valence-corrected chi connectivity index (χ2v) is 2.67. The molecule has 0 aromatic rings. The first-order valence-electron chi connectivity index (χ1n) is 3.37. The Bertz CT molecular complexity index is 116. The number of carbonyl (C=O) groups excluding carboxylic acids is 1. The molecule has 12 heavy (non-hydrogen) atoms. The van der Waals surface area contributed by atoms with E-state index >= 15 is 0 Å². The van der Waals surface area contributed by atoms with Gasteiger partial charge in [0.1, 0.15) is 0 Å². The minimum absolute atomic E-state index is 0. The fourth-order valence-electron chi connectivity index (χ4n) is 0.632. The summed E-state index contributed by atoms with van der Waals surface area (Å²) in [7, 11) is 0. The quantitative estimate of drug-likeness (QED) is 0.486. The standard InChI is InChI=1S/C6H14N2OS.2ClH/c7-4-2-1-3-5(8)6(9)10;;/h5H,1-4,7-8H2,(H,9,10);2*1H/t5-;;/m0../s1. The van der Waals surface area contributed by atoms with Crippen LogP contribution in [0.5, 0.6) is 0 Å². The second kappa shape index (κ2) is 11.5. The molecule has 3 nitrogen and oxygen atoms in total. The normalized spacial score (nSPS) is 10.9. The van der Waals surface area contributed by atoms with Gasteiger partial charge in [0.25, 0.3) is 0 Å². The molecule has 0 aliphatic rings. The largest absolute Gasteiger partial charge is 0.330 e. The molecule has 0 aromatic carbocycles. The van der Waals surface area contributed by atoms with Crippen molar-refractivity contribution in [3.63, 3.8) is 0 Å². The summed E-state index contributed by atoms with van der Waals surface area (Å²) in [4.78, 5) is 10.4. The first-order valence-corrected chi connectivity index (χ1v) is 3.81. The zero-order valence-electron chi connectivity index (χ0n) is 6.73. The van der Waals surface area contributed by atoms with Crippen molar-refractivity contribution < 1.29 is 4.79 Å². The van der Waals surface area contributed by atoms with E-state index in [9.17, 15) is 4.79 Å². The van der Waals surface area contributed by atoms with Gasteiger partial charge in [0.2, 0.25) is 5.12 Å². The number of rotatable bonds is 5. The molecule has 0 spiro atoms. The zero-order chi connectivity index (χ0) is 7.98. The average molecular weight is 235 g/mol. The molecule has 0 saturated carbocycles. The summed E-state index contributed by atoms with van der Waals surface area (Å²) >= 11 is 3.60. The van der Waals surface area contributed by atoms with Crippen molar-refractivity contribution in [1.82, 2.24) is 0 Å². The van der Waals surface area contributed by atoms with Crippen LogP contribution < -0.4 is 11.5 Å². The lowest BCUT2D eigenvalue weighted by Crippen LogP contribution is -2.26. The van der Waals surface area contributed by atoms with Crippen LogP contribution in [0.2, 0.25) is 0 Å². The summed E-state index contributed by atoms with van der Waals surface area (Å²) in [6.45, 7) is 0.660. The number of unbranched alkanes of at least 4 members (excludes halogenated alkanes) is 1. The zero-order valence-corrected chi connectivity index (χ0v) is 9.26. The maximum atomic E-state index is 10.4. The molecule has 76 valence electrons. The van der Waals surface area contributed by atoms with Gasteiger partial charge in [-0.15, -0.1) is 37.4 Å². The minimum atomic E-state index is -0.408. The van der Waals surface area contributed by atoms with Gasteiger partial charge in [-0.3, -0.25) is 4.79 Å². The number of hydrogen-bond donors (Lipinski definition) is 3. The third kappa shape index (κ3) is 10.5. The molecule has 0 unspecified atom stereocenters. The monoisotopic (exact) mass is 234 g/mol. The van der Waals surface area contributed by atoms with Gasteiger partial charge in [-0.25, -0.2) is 0 Å². The Balaban J connectivity index is -0.000000405. The van der Waals surface area contributed by atoms with Gasteiger partial charge < -0.3 is 11.5 Å². The van der Waals surface area contributed by atoms with E-state index < -0.39 is 6.04 Å². The van der Waals surface area contributed by atoms with E-state index in [0.717, 1.165) is 12.8 Å². The van der Waals surface area contributed by atoms with E-state index in [1.165, 1.54) is 0 Å². The molecule has 1 atom stereocenters. The summed E-state index contributed by atoms with van der Waals surface area (Å²) < 4.78 is 0. The van der Waals surface area contributed by atoms with Crippen LogP contribution in [0.1, 0.15) is 19.3 Å². The van der Waals surface area contributed by atoms with Crippen LogP contribution in [0.25, 0.3) is 0 Å². The van der Waals surface area contributed by atoms with Crippen molar-refractivity contribution >= 4 is 42.6 Å². The second-order valence-electron chi connectivity index (χ2n) is 2.23. The molecule has 0 aromatic heterocycles. The van der Waals surface area contributed by atoms with Crippen molar-refractivity contribution in [1.29, 1.82) is 0 Å². The Hall–Kier alpha value is 0.520. The number of hydrogen-bond acceptors (Lipinski definition) is 3. The number of carbonyl (C=O) groups is 1. The number of nitrogens with two attached hydrogens (primary N) is 2. The van der Waals surface area contributed by atoms with Crippen molar-refractivity contribution in [2.45, 2.75) is 25.3 Å². The smallest absolute Gasteiger partial charge is 0.202 e. The summed E-state index contributed by atoms with van der Waals surface area (Å²) in [6, 6.07) is -0.408. The van der Waals surface area contributed by atoms with E-state index in [0.29, 0.717) is 13.0 Å². The maximum Gasteiger partial charge on any atom is 0.202 e. The summed E-state index contributed by atoms with van der Waals surface area (Å²) in [5, 5.41) is -0.239. The lowest BCUT2D eigenvalue weighted by atomic mass is 10.1. The highest BCUT2D eigenvalue weighted by molar-refractivity contribution is 7.96. The van der Waals surface area contributed by atoms with Crippen molar-refractivity contribution in [2.75, 3.05) is 6.54 Å². The van der Waals surface area contributed by atoms with Crippen LogP contribution in [0.15, 0.2) is 0 Å². The van der Waals surface area contributed by atoms with Gasteiger partial charge >= 0.3 is 0 Å². The van der Waals surface area contributed by atoms with Crippen LogP contribution in [0, 0.1) is 0 Å². The van der Waals surface area contributed by atoms with Crippen molar-refractivity contribution in [2.24, 2.45) is 11.5 Å². The van der Waals surface area contributed by atoms with Gasteiger partial charge in [-0.05, 0) is 19.4 Å². The average Bonchev–Trinajstić information content (AvgIpc) is 1.88. The third-order valence-corrected chi connectivity index (χ3v) is 1.62. The van der Waals surface area contributed by atoms with Crippen LogP contribution in [-0.4, -0.2) is 17.7 Å². The van der Waals surface area contributed by atoms with E-state index in [2.05, 4.69) is 12.6 Å². The van der Waals surface area contributed by atoms with Gasteiger partial charge in [-0.2, -0.15) is 0 Å². The Kier molecular flexibility index (Phi) is 17.6. The molecule has 0 bridgehead atoms. The van der Waals surface area contributed by atoms with Crippen molar-refractivity contribution in [3.8, 4) is 0 Å². The van der Waals surface area contributed by atoms with Crippen LogP contribution in [0.4, 0.5) is 0 Å². The van der Waals surface area contributed by atoms with Crippen LogP contribution in [-0.2, 0) is 4.79 Å². The fraction of sp³-hybridized carbons (Fsp3) is 0.833. The molecule has 0 radical (unpaired) electrons. The Morgan fingerprint density at radius 2 is 1.83 bits per heavy atom. The summed E-state index contributed by atoms with van der Waals surface area (Å²) in [5.74, 6) is 0. The highest BCUT2D eigenvalue weighted by Crippen LogP contribution is 1.99. The maximum absolute atomic E-state index is 10.4. The van der Waals surface area contributed by atoms with E-state index in [-0.39, 0.29) is 29.9 Å². The first kappa shape index (κ1) is 18.3. The molecule has 0 heterocycles. The van der Waals surface area contributed by atoms with E-state index in [1.54, 1.807) is 0 Å². The summed E-state index contributed by atoms with van der Waals surface area (Å²) in [6.07, 6.45) is 2.53. The highest BCUT2D eigenvalue weighted by atomic mass is 35.5. The van der Waals surface area contributed by atoms with Crippen molar-refractivity contribution in [3.05, 3.63) is 0 Å². The Morgan fingerprint density at radius 1 is 1.33 bits per heavy atom. The van der Waals surface area contributed by atoms with Gasteiger partial charge in [0.05, 0.1) is 6.04 Å². The predicted molar refractivity (Wildman–Crippen MR) is 59.4 cm³/mol. The van der Waals surface area contributed by atoms with E-state index in [4.69, 9.17) is 11.5 Å².